The lowest BCUT2D eigenvalue weighted by Gasteiger charge is -2.12. The van der Waals surface area contributed by atoms with Crippen molar-refractivity contribution < 1.29 is 27.1 Å². The molecule has 0 aliphatic heterocycles. The first-order valence-electron chi connectivity index (χ1n) is 5.47. The zero-order chi connectivity index (χ0) is 15.0. The summed E-state index contributed by atoms with van der Waals surface area (Å²) < 4.78 is 65.8. The number of aliphatic hydroxyl groups is 1. The predicted octanol–water partition coefficient (Wildman–Crippen LogP) is 3.33. The molecule has 0 heterocycles. The molecule has 1 aromatic rings. The number of hydrogen-bond acceptors (Lipinski definition) is 2. The molecular formula is C13H8F5NO. The summed E-state index contributed by atoms with van der Waals surface area (Å²) in [7, 11) is 0. The normalized spacial score (nSPS) is 20.4. The summed E-state index contributed by atoms with van der Waals surface area (Å²) in [5, 5.41) is 9.55. The molecule has 0 saturated carbocycles. The number of hydrogen-bond donors (Lipinski definition) is 1. The van der Waals surface area contributed by atoms with Crippen molar-refractivity contribution in [2.24, 2.45) is 4.99 Å². The van der Waals surface area contributed by atoms with Gasteiger partial charge in [-0.25, -0.2) is 26.9 Å². The molecule has 1 atom stereocenters. The number of rotatable bonds is 1. The monoisotopic (exact) mass is 289 g/mol. The lowest BCUT2D eigenvalue weighted by atomic mass is 10.0. The fourth-order valence-corrected chi connectivity index (χ4v) is 1.63. The van der Waals surface area contributed by atoms with E-state index in [2.05, 4.69) is 4.99 Å². The Kier molecular flexibility index (Phi) is 3.71. The quantitative estimate of drug-likeness (QED) is 0.480. The van der Waals surface area contributed by atoms with E-state index in [1.54, 1.807) is 6.92 Å². The number of halogens is 5. The summed E-state index contributed by atoms with van der Waals surface area (Å²) in [6.45, 7) is 1.62. The van der Waals surface area contributed by atoms with Crippen LogP contribution in [0.15, 0.2) is 28.8 Å². The standard InChI is InChI=1S/C13H8F5NO/c1-5-2-3-7(20)6(4-5)19-13-11(17)9(15)8(14)10(16)12(13)18/h2-4,7,20H,1H3. The van der Waals surface area contributed by atoms with Crippen molar-refractivity contribution in [1.29, 1.82) is 0 Å². The van der Waals surface area contributed by atoms with Crippen molar-refractivity contribution in [3.63, 3.8) is 0 Å². The smallest absolute Gasteiger partial charge is 0.200 e. The molecular weight excluding hydrogens is 281 g/mol. The minimum Gasteiger partial charge on any atom is -0.383 e. The van der Waals surface area contributed by atoms with E-state index < -0.39 is 40.9 Å². The van der Waals surface area contributed by atoms with Crippen LogP contribution in [0.5, 0.6) is 0 Å². The fourth-order valence-electron chi connectivity index (χ4n) is 1.63. The van der Waals surface area contributed by atoms with Crippen molar-refractivity contribution in [3.8, 4) is 0 Å². The second-order valence-corrected chi connectivity index (χ2v) is 4.15. The minimum atomic E-state index is -2.25. The van der Waals surface area contributed by atoms with E-state index in [4.69, 9.17) is 0 Å². The molecule has 0 spiro atoms. The highest BCUT2D eigenvalue weighted by Gasteiger charge is 2.26. The molecule has 1 aliphatic rings. The summed E-state index contributed by atoms with van der Waals surface area (Å²) in [6, 6.07) is 0. The topological polar surface area (TPSA) is 32.6 Å². The van der Waals surface area contributed by atoms with Gasteiger partial charge in [-0.05, 0) is 24.6 Å². The average molecular weight is 289 g/mol. The second-order valence-electron chi connectivity index (χ2n) is 4.15. The van der Waals surface area contributed by atoms with Crippen molar-refractivity contribution in [2.75, 3.05) is 0 Å². The van der Waals surface area contributed by atoms with Crippen LogP contribution in [-0.4, -0.2) is 16.9 Å². The van der Waals surface area contributed by atoms with Gasteiger partial charge in [0.2, 0.25) is 5.82 Å². The van der Waals surface area contributed by atoms with Crippen LogP contribution < -0.4 is 0 Å². The zero-order valence-corrected chi connectivity index (χ0v) is 10.1. The Labute approximate surface area is 110 Å². The predicted molar refractivity (Wildman–Crippen MR) is 62.2 cm³/mol. The first kappa shape index (κ1) is 14.4. The SMILES string of the molecule is CC1=CC(=Nc2c(F)c(F)c(F)c(F)c2F)C(O)C=C1. The Morgan fingerprint density at radius 3 is 2.00 bits per heavy atom. The van der Waals surface area contributed by atoms with Crippen LogP contribution in [0.4, 0.5) is 27.6 Å². The molecule has 0 aromatic heterocycles. The van der Waals surface area contributed by atoms with Gasteiger partial charge in [0.15, 0.2) is 23.3 Å². The summed E-state index contributed by atoms with van der Waals surface area (Å²) in [6.07, 6.45) is 2.80. The Balaban J connectivity index is 2.63. The molecule has 0 fully saturated rings. The van der Waals surface area contributed by atoms with Crippen molar-refractivity contribution in [3.05, 3.63) is 52.9 Å². The first-order chi connectivity index (χ1) is 9.32. The number of aliphatic hydroxyl groups excluding tert-OH is 1. The number of aliphatic imine (C=N–C) groups is 1. The van der Waals surface area contributed by atoms with Crippen LogP contribution in [0, 0.1) is 29.1 Å². The second kappa shape index (κ2) is 5.16. The third kappa shape index (κ3) is 2.36. The van der Waals surface area contributed by atoms with E-state index >= 15 is 0 Å². The van der Waals surface area contributed by atoms with E-state index in [1.165, 1.54) is 18.2 Å². The molecule has 106 valence electrons. The van der Waals surface area contributed by atoms with Crippen molar-refractivity contribution in [2.45, 2.75) is 13.0 Å². The molecule has 0 amide bonds. The van der Waals surface area contributed by atoms with E-state index in [0.29, 0.717) is 5.57 Å². The molecule has 0 saturated heterocycles. The maximum absolute atomic E-state index is 13.4. The minimum absolute atomic E-state index is 0.215. The lowest BCUT2D eigenvalue weighted by molar-refractivity contribution is 0.289. The van der Waals surface area contributed by atoms with Crippen LogP contribution in [0.1, 0.15) is 6.92 Å². The van der Waals surface area contributed by atoms with E-state index in [1.807, 2.05) is 0 Å². The van der Waals surface area contributed by atoms with Gasteiger partial charge in [-0.15, -0.1) is 0 Å². The van der Waals surface area contributed by atoms with Gasteiger partial charge in [-0.3, -0.25) is 0 Å². The van der Waals surface area contributed by atoms with Gasteiger partial charge in [0.25, 0.3) is 0 Å². The molecule has 2 rings (SSSR count). The van der Waals surface area contributed by atoms with E-state index in [-0.39, 0.29) is 5.71 Å². The number of allylic oxidation sites excluding steroid dienone is 2. The zero-order valence-electron chi connectivity index (χ0n) is 10.1. The van der Waals surface area contributed by atoms with Crippen LogP contribution in [0.25, 0.3) is 0 Å². The molecule has 0 bridgehead atoms. The number of nitrogens with zero attached hydrogens (tertiary/aromatic N) is 1. The Bertz CT molecular complexity index is 634. The summed E-state index contributed by atoms with van der Waals surface area (Å²) in [5.74, 6) is -10.5. The van der Waals surface area contributed by atoms with Gasteiger partial charge in [0.1, 0.15) is 11.8 Å². The molecule has 1 N–H and O–H groups in total. The van der Waals surface area contributed by atoms with Crippen LogP contribution in [0.3, 0.4) is 0 Å². The van der Waals surface area contributed by atoms with Crippen molar-refractivity contribution in [1.82, 2.24) is 0 Å². The lowest BCUT2D eigenvalue weighted by Crippen LogP contribution is -2.18. The number of benzene rings is 1. The third-order valence-electron chi connectivity index (χ3n) is 2.65. The van der Waals surface area contributed by atoms with Crippen LogP contribution in [0.2, 0.25) is 0 Å². The van der Waals surface area contributed by atoms with Gasteiger partial charge >= 0.3 is 0 Å². The van der Waals surface area contributed by atoms with E-state index in [9.17, 15) is 27.1 Å². The van der Waals surface area contributed by atoms with Crippen LogP contribution >= 0.6 is 0 Å². The average Bonchev–Trinajstić information content (AvgIpc) is 2.43. The summed E-state index contributed by atoms with van der Waals surface area (Å²) in [4.78, 5) is 3.35. The van der Waals surface area contributed by atoms with Gasteiger partial charge in [-0.2, -0.15) is 0 Å². The Morgan fingerprint density at radius 1 is 0.950 bits per heavy atom. The Hall–Kier alpha value is -2.02. The van der Waals surface area contributed by atoms with Crippen molar-refractivity contribution >= 4 is 11.4 Å². The van der Waals surface area contributed by atoms with E-state index in [0.717, 1.165) is 0 Å². The maximum atomic E-state index is 13.4. The first-order valence-corrected chi connectivity index (χ1v) is 5.47. The third-order valence-corrected chi connectivity index (χ3v) is 2.65. The summed E-state index contributed by atoms with van der Waals surface area (Å²) >= 11 is 0. The molecule has 0 radical (unpaired) electrons. The summed E-state index contributed by atoms with van der Waals surface area (Å²) in [5.41, 5.74) is -0.930. The highest BCUT2D eigenvalue weighted by Crippen LogP contribution is 2.30. The highest BCUT2D eigenvalue weighted by atomic mass is 19.2. The van der Waals surface area contributed by atoms with Gasteiger partial charge in [0, 0.05) is 0 Å². The molecule has 20 heavy (non-hydrogen) atoms. The molecule has 1 unspecified atom stereocenters. The molecule has 1 aliphatic carbocycles. The fraction of sp³-hybridized carbons (Fsp3) is 0.154. The van der Waals surface area contributed by atoms with Gasteiger partial charge in [0.05, 0.1) is 5.71 Å². The van der Waals surface area contributed by atoms with Gasteiger partial charge in [-0.1, -0.05) is 6.08 Å². The largest absolute Gasteiger partial charge is 0.383 e. The highest BCUT2D eigenvalue weighted by molar-refractivity contribution is 6.03. The molecule has 1 aromatic carbocycles. The molecule has 2 nitrogen and oxygen atoms in total. The Morgan fingerprint density at radius 2 is 1.45 bits per heavy atom. The van der Waals surface area contributed by atoms with Gasteiger partial charge < -0.3 is 5.11 Å². The molecule has 7 heteroatoms. The maximum Gasteiger partial charge on any atom is 0.200 e. The van der Waals surface area contributed by atoms with Crippen LogP contribution in [-0.2, 0) is 0 Å².